The molecule has 0 unspecified atom stereocenters. The van der Waals surface area contributed by atoms with Crippen LogP contribution in [0.1, 0.15) is 72.1 Å². The van der Waals surface area contributed by atoms with Gasteiger partial charge in [0.2, 0.25) is 5.89 Å². The number of hydrogen-bond donors (Lipinski definition) is 1. The van der Waals surface area contributed by atoms with Gasteiger partial charge in [0.25, 0.3) is 5.22 Å². The SMILES string of the molecule is CC.CCCOCc1cn(C(C)(C)CO)nn1.CSc1nnc(-c2ccc(C(C)C)cc2)o1. The Kier molecular flexibility index (Phi) is 12.9. The first-order valence-electron chi connectivity index (χ1n) is 11.4. The van der Waals surface area contributed by atoms with Gasteiger partial charge in [0.05, 0.1) is 24.9 Å². The van der Waals surface area contributed by atoms with Crippen LogP contribution >= 0.6 is 11.8 Å². The summed E-state index contributed by atoms with van der Waals surface area (Å²) in [5.41, 5.74) is 2.67. The molecule has 0 fully saturated rings. The molecule has 1 N–H and O–H groups in total. The molecule has 0 saturated carbocycles. The summed E-state index contributed by atoms with van der Waals surface area (Å²) in [5.74, 6) is 1.12. The lowest BCUT2D eigenvalue weighted by Crippen LogP contribution is -2.30. The summed E-state index contributed by atoms with van der Waals surface area (Å²) < 4.78 is 12.5. The molecule has 2 heterocycles. The van der Waals surface area contributed by atoms with Gasteiger partial charge in [0.1, 0.15) is 5.69 Å². The summed E-state index contributed by atoms with van der Waals surface area (Å²) in [6.07, 6.45) is 4.72. The van der Waals surface area contributed by atoms with Crippen molar-refractivity contribution < 1.29 is 14.3 Å². The molecule has 0 atom stereocenters. The third-order valence-electron chi connectivity index (χ3n) is 4.55. The van der Waals surface area contributed by atoms with E-state index in [0.717, 1.165) is 24.3 Å². The molecule has 0 aliphatic rings. The lowest BCUT2D eigenvalue weighted by molar-refractivity contribution is 0.118. The second-order valence-corrected chi connectivity index (χ2v) is 8.79. The topological polar surface area (TPSA) is 99.1 Å². The molecule has 2 aromatic heterocycles. The van der Waals surface area contributed by atoms with Crippen LogP contribution in [0, 0.1) is 0 Å². The maximum absolute atomic E-state index is 9.15. The second kappa shape index (κ2) is 14.8. The minimum absolute atomic E-state index is 0.0334. The third kappa shape index (κ3) is 9.27. The molecular weight excluding hydrogens is 438 g/mol. The van der Waals surface area contributed by atoms with Crippen LogP contribution in [0.5, 0.6) is 0 Å². The first-order valence-corrected chi connectivity index (χ1v) is 12.6. The van der Waals surface area contributed by atoms with Crippen LogP contribution in [-0.2, 0) is 16.9 Å². The fraction of sp³-hybridized carbons (Fsp3) is 0.583. The number of thioether (sulfide) groups is 1. The van der Waals surface area contributed by atoms with E-state index >= 15 is 0 Å². The van der Waals surface area contributed by atoms with Crippen LogP contribution in [0.2, 0.25) is 0 Å². The average molecular weight is 478 g/mol. The normalized spacial score (nSPS) is 11.0. The predicted octanol–water partition coefficient (Wildman–Crippen LogP) is 5.54. The van der Waals surface area contributed by atoms with Crippen molar-refractivity contribution in [1.82, 2.24) is 25.2 Å². The van der Waals surface area contributed by atoms with Gasteiger partial charge >= 0.3 is 0 Å². The summed E-state index contributed by atoms with van der Waals surface area (Å²) in [4.78, 5) is 0. The van der Waals surface area contributed by atoms with Gasteiger partial charge in [-0.1, -0.05) is 63.7 Å². The van der Waals surface area contributed by atoms with Gasteiger partial charge in [-0.2, -0.15) is 0 Å². The monoisotopic (exact) mass is 477 g/mol. The fourth-order valence-corrected chi connectivity index (χ4v) is 2.76. The van der Waals surface area contributed by atoms with E-state index in [9.17, 15) is 0 Å². The Morgan fingerprint density at radius 1 is 1.12 bits per heavy atom. The Balaban J connectivity index is 0.000000308. The number of benzene rings is 1. The number of rotatable bonds is 9. The summed E-state index contributed by atoms with van der Waals surface area (Å²) in [7, 11) is 0. The molecule has 0 aliphatic carbocycles. The van der Waals surface area contributed by atoms with Gasteiger partial charge in [0, 0.05) is 12.2 Å². The highest BCUT2D eigenvalue weighted by molar-refractivity contribution is 7.98. The molecule has 33 heavy (non-hydrogen) atoms. The highest BCUT2D eigenvalue weighted by Gasteiger charge is 2.20. The maximum Gasteiger partial charge on any atom is 0.276 e. The molecule has 0 aliphatic heterocycles. The van der Waals surface area contributed by atoms with Crippen molar-refractivity contribution >= 4 is 11.8 Å². The number of nitrogens with zero attached hydrogens (tertiary/aromatic N) is 5. The van der Waals surface area contributed by atoms with E-state index in [0.29, 0.717) is 23.6 Å². The highest BCUT2D eigenvalue weighted by Crippen LogP contribution is 2.23. The van der Waals surface area contributed by atoms with E-state index in [-0.39, 0.29) is 6.61 Å². The molecule has 8 nitrogen and oxygen atoms in total. The number of aliphatic hydroxyl groups is 1. The van der Waals surface area contributed by atoms with E-state index in [4.69, 9.17) is 14.3 Å². The fourth-order valence-electron chi connectivity index (χ4n) is 2.47. The summed E-state index contributed by atoms with van der Waals surface area (Å²) in [6.45, 7) is 15.5. The molecule has 9 heteroatoms. The highest BCUT2D eigenvalue weighted by atomic mass is 32.2. The first-order chi connectivity index (χ1) is 15.8. The predicted molar refractivity (Wildman–Crippen MR) is 133 cm³/mol. The van der Waals surface area contributed by atoms with Crippen LogP contribution < -0.4 is 0 Å². The quantitative estimate of drug-likeness (QED) is 0.317. The molecule has 0 amide bonds. The Hall–Kier alpha value is -2.23. The Bertz CT molecular complexity index is 907. The van der Waals surface area contributed by atoms with Crippen molar-refractivity contribution in [2.24, 2.45) is 0 Å². The van der Waals surface area contributed by atoms with E-state index in [1.165, 1.54) is 17.3 Å². The van der Waals surface area contributed by atoms with Crippen molar-refractivity contribution in [2.75, 3.05) is 19.5 Å². The van der Waals surface area contributed by atoms with E-state index in [2.05, 4.69) is 53.4 Å². The van der Waals surface area contributed by atoms with Gasteiger partial charge in [-0.25, -0.2) is 4.68 Å². The minimum Gasteiger partial charge on any atom is -0.411 e. The van der Waals surface area contributed by atoms with Crippen molar-refractivity contribution in [2.45, 2.75) is 78.2 Å². The van der Waals surface area contributed by atoms with Crippen LogP contribution in [0.15, 0.2) is 40.1 Å². The van der Waals surface area contributed by atoms with E-state index in [1.807, 2.05) is 52.3 Å². The van der Waals surface area contributed by atoms with E-state index in [1.54, 1.807) is 4.68 Å². The van der Waals surface area contributed by atoms with Crippen LogP contribution in [0.4, 0.5) is 0 Å². The zero-order valence-corrected chi connectivity index (χ0v) is 22.0. The smallest absolute Gasteiger partial charge is 0.276 e. The van der Waals surface area contributed by atoms with Crippen LogP contribution in [0.3, 0.4) is 0 Å². The minimum atomic E-state index is -0.407. The van der Waals surface area contributed by atoms with Gasteiger partial charge in [0.15, 0.2) is 0 Å². The van der Waals surface area contributed by atoms with Crippen molar-refractivity contribution in [3.63, 3.8) is 0 Å². The Morgan fingerprint density at radius 2 is 1.79 bits per heavy atom. The van der Waals surface area contributed by atoms with Crippen LogP contribution in [0.25, 0.3) is 11.5 Å². The van der Waals surface area contributed by atoms with Gasteiger partial charge in [-0.3, -0.25) is 0 Å². The molecule has 0 spiro atoms. The van der Waals surface area contributed by atoms with Crippen LogP contribution in [-0.4, -0.2) is 49.8 Å². The van der Waals surface area contributed by atoms with Crippen molar-refractivity contribution in [1.29, 1.82) is 0 Å². The largest absolute Gasteiger partial charge is 0.411 e. The lowest BCUT2D eigenvalue weighted by Gasteiger charge is -2.20. The Labute approximate surface area is 202 Å². The summed E-state index contributed by atoms with van der Waals surface area (Å²) in [6, 6.07) is 8.24. The first kappa shape index (κ1) is 28.8. The standard InChI is InChI=1S/C12H14N2OS.C10H19N3O2.C2H6/c1-8(2)9-4-6-10(7-5-9)11-13-14-12(15-11)16-3;1-4-5-15-7-9-6-13(12-11-9)10(2,3)8-14;1-2/h4-8H,1-3H3;6,14H,4-5,7-8H2,1-3H3;1-2H3. The zero-order chi connectivity index (χ0) is 24.9. The van der Waals surface area contributed by atoms with Crippen molar-refractivity contribution in [3.8, 4) is 11.5 Å². The Morgan fingerprint density at radius 3 is 2.30 bits per heavy atom. The molecule has 3 aromatic rings. The van der Waals surface area contributed by atoms with E-state index < -0.39 is 5.54 Å². The molecule has 0 bridgehead atoms. The molecule has 1 aromatic carbocycles. The lowest BCUT2D eigenvalue weighted by atomic mass is 10.0. The zero-order valence-electron chi connectivity index (χ0n) is 21.2. The van der Waals surface area contributed by atoms with Gasteiger partial charge in [-0.05, 0) is 50.1 Å². The summed E-state index contributed by atoms with van der Waals surface area (Å²) in [5, 5.41) is 25.6. The molecule has 184 valence electrons. The summed E-state index contributed by atoms with van der Waals surface area (Å²) >= 11 is 1.45. The number of aliphatic hydroxyl groups excluding tert-OH is 1. The number of ether oxygens (including phenoxy) is 1. The van der Waals surface area contributed by atoms with Gasteiger partial charge < -0.3 is 14.3 Å². The number of hydrogen-bond acceptors (Lipinski definition) is 8. The third-order valence-corrected chi connectivity index (χ3v) is 5.07. The van der Waals surface area contributed by atoms with Gasteiger partial charge in [-0.15, -0.1) is 15.3 Å². The maximum atomic E-state index is 9.15. The van der Waals surface area contributed by atoms with Crippen molar-refractivity contribution in [3.05, 3.63) is 41.7 Å². The molecule has 0 saturated heterocycles. The molecule has 3 rings (SSSR count). The molecular formula is C24H39N5O3S. The molecule has 0 radical (unpaired) electrons. The number of aromatic nitrogens is 5. The average Bonchev–Trinajstić information content (AvgIpc) is 3.51. The second-order valence-electron chi connectivity index (χ2n) is 8.03.